The van der Waals surface area contributed by atoms with Crippen LogP contribution in [0.4, 0.5) is 0 Å². The first-order chi connectivity index (χ1) is 10.5. The van der Waals surface area contributed by atoms with Gasteiger partial charge in [0.2, 0.25) is 0 Å². The van der Waals surface area contributed by atoms with E-state index >= 15 is 0 Å². The van der Waals surface area contributed by atoms with Crippen molar-refractivity contribution < 1.29 is 14.7 Å². The Morgan fingerprint density at radius 3 is 2.45 bits per heavy atom. The first-order valence-corrected chi connectivity index (χ1v) is 7.66. The Morgan fingerprint density at radius 1 is 1.18 bits per heavy atom. The number of halogens is 2. The molecule has 0 aliphatic carbocycles. The molecule has 0 unspecified atom stereocenters. The van der Waals surface area contributed by atoms with Crippen molar-refractivity contribution in [2.75, 3.05) is 0 Å². The molecule has 0 aliphatic heterocycles. The van der Waals surface area contributed by atoms with E-state index in [4.69, 9.17) is 11.6 Å². The van der Waals surface area contributed by atoms with Crippen molar-refractivity contribution in [3.8, 4) is 0 Å². The van der Waals surface area contributed by atoms with E-state index in [0.29, 0.717) is 10.6 Å². The number of nitrogens with one attached hydrogen (secondary N) is 1. The van der Waals surface area contributed by atoms with E-state index in [9.17, 15) is 14.7 Å². The van der Waals surface area contributed by atoms with Gasteiger partial charge in [0.1, 0.15) is 6.04 Å². The van der Waals surface area contributed by atoms with E-state index in [1.807, 2.05) is 0 Å². The summed E-state index contributed by atoms with van der Waals surface area (Å²) in [5.41, 5.74) is 1.18. The van der Waals surface area contributed by atoms with Gasteiger partial charge in [-0.05, 0) is 35.9 Å². The summed E-state index contributed by atoms with van der Waals surface area (Å²) in [6.07, 6.45) is 0.187. The fraction of sp³-hybridized carbons (Fsp3) is 0.125. The summed E-state index contributed by atoms with van der Waals surface area (Å²) in [7, 11) is 0. The van der Waals surface area contributed by atoms with Gasteiger partial charge < -0.3 is 10.4 Å². The smallest absolute Gasteiger partial charge is 0.326 e. The second-order valence-electron chi connectivity index (χ2n) is 4.71. The van der Waals surface area contributed by atoms with Crippen LogP contribution in [0.15, 0.2) is 53.0 Å². The van der Waals surface area contributed by atoms with Crippen LogP contribution in [0.2, 0.25) is 5.02 Å². The molecule has 6 heteroatoms. The number of benzene rings is 2. The van der Waals surface area contributed by atoms with Gasteiger partial charge in [0.25, 0.3) is 5.91 Å². The van der Waals surface area contributed by atoms with Crippen LogP contribution in [0.25, 0.3) is 0 Å². The molecule has 114 valence electrons. The van der Waals surface area contributed by atoms with Crippen LogP contribution in [0.1, 0.15) is 15.9 Å². The molecule has 0 aromatic heterocycles. The van der Waals surface area contributed by atoms with Crippen molar-refractivity contribution >= 4 is 39.4 Å². The lowest BCUT2D eigenvalue weighted by Crippen LogP contribution is -2.42. The topological polar surface area (TPSA) is 66.4 Å². The van der Waals surface area contributed by atoms with Crippen molar-refractivity contribution in [2.24, 2.45) is 0 Å². The molecule has 4 nitrogen and oxygen atoms in total. The van der Waals surface area contributed by atoms with Gasteiger partial charge in [-0.1, -0.05) is 45.7 Å². The highest BCUT2D eigenvalue weighted by molar-refractivity contribution is 9.10. The number of carboxylic acid groups (broad SMARTS) is 1. The minimum atomic E-state index is -1.08. The molecule has 2 rings (SSSR count). The summed E-state index contributed by atoms with van der Waals surface area (Å²) in [6.45, 7) is 0. The van der Waals surface area contributed by atoms with Crippen molar-refractivity contribution in [3.05, 3.63) is 69.2 Å². The maximum absolute atomic E-state index is 12.1. The van der Waals surface area contributed by atoms with Crippen molar-refractivity contribution in [3.63, 3.8) is 0 Å². The average molecular weight is 383 g/mol. The number of hydrogen-bond acceptors (Lipinski definition) is 2. The predicted octanol–water partition coefficient (Wildman–Crippen LogP) is 3.53. The summed E-state index contributed by atoms with van der Waals surface area (Å²) < 4.78 is 0.754. The van der Waals surface area contributed by atoms with Gasteiger partial charge in [-0.15, -0.1) is 0 Å². The quantitative estimate of drug-likeness (QED) is 0.831. The van der Waals surface area contributed by atoms with Crippen LogP contribution in [-0.4, -0.2) is 23.0 Å². The Kier molecular flexibility index (Phi) is 5.57. The molecule has 0 radical (unpaired) electrons. The first-order valence-electron chi connectivity index (χ1n) is 6.49. The Balaban J connectivity index is 2.10. The number of amides is 1. The highest BCUT2D eigenvalue weighted by Crippen LogP contribution is 2.13. The molecule has 0 heterocycles. The molecule has 1 amide bonds. The van der Waals surface area contributed by atoms with Crippen LogP contribution in [0.3, 0.4) is 0 Å². The maximum Gasteiger partial charge on any atom is 0.326 e. The van der Waals surface area contributed by atoms with Gasteiger partial charge in [0.05, 0.1) is 0 Å². The molecule has 0 bridgehead atoms. The zero-order valence-corrected chi connectivity index (χ0v) is 13.8. The molecule has 0 saturated carbocycles. The highest BCUT2D eigenvalue weighted by Gasteiger charge is 2.21. The SMILES string of the molecule is O=C(N[C@@H](Cc1ccc(Cl)cc1)C(=O)O)c1cccc(Br)c1. The van der Waals surface area contributed by atoms with E-state index in [0.717, 1.165) is 10.0 Å². The largest absolute Gasteiger partial charge is 0.480 e. The Bertz CT molecular complexity index is 688. The van der Waals surface area contributed by atoms with Gasteiger partial charge in [-0.2, -0.15) is 0 Å². The summed E-state index contributed by atoms with van der Waals surface area (Å²) >= 11 is 9.08. The number of hydrogen-bond donors (Lipinski definition) is 2. The van der Waals surface area contributed by atoms with Crippen LogP contribution in [0, 0.1) is 0 Å². The third-order valence-corrected chi connectivity index (χ3v) is 3.79. The molecule has 0 aliphatic rings. The fourth-order valence-corrected chi connectivity index (χ4v) is 2.45. The van der Waals surface area contributed by atoms with E-state index < -0.39 is 17.9 Å². The number of carboxylic acids is 1. The first kappa shape index (κ1) is 16.5. The van der Waals surface area contributed by atoms with Gasteiger partial charge in [0.15, 0.2) is 0 Å². The van der Waals surface area contributed by atoms with Gasteiger partial charge >= 0.3 is 5.97 Å². The van der Waals surface area contributed by atoms with Crippen LogP contribution in [-0.2, 0) is 11.2 Å². The number of carbonyl (C=O) groups excluding carboxylic acids is 1. The highest BCUT2D eigenvalue weighted by atomic mass is 79.9. The minimum absolute atomic E-state index is 0.187. The zero-order chi connectivity index (χ0) is 16.1. The molecule has 0 fully saturated rings. The van der Waals surface area contributed by atoms with Crippen molar-refractivity contribution in [1.29, 1.82) is 0 Å². The lowest BCUT2D eigenvalue weighted by atomic mass is 10.1. The Hall–Kier alpha value is -1.85. The van der Waals surface area contributed by atoms with Gasteiger partial charge in [0, 0.05) is 21.5 Å². The summed E-state index contributed by atoms with van der Waals surface area (Å²) in [4.78, 5) is 23.5. The fourth-order valence-electron chi connectivity index (χ4n) is 1.93. The minimum Gasteiger partial charge on any atom is -0.480 e. The zero-order valence-electron chi connectivity index (χ0n) is 11.4. The van der Waals surface area contributed by atoms with Crippen LogP contribution < -0.4 is 5.32 Å². The van der Waals surface area contributed by atoms with Crippen molar-refractivity contribution in [2.45, 2.75) is 12.5 Å². The molecule has 2 aromatic carbocycles. The molecular formula is C16H13BrClNO3. The molecular weight excluding hydrogens is 370 g/mol. The van der Waals surface area contributed by atoms with E-state index in [1.54, 1.807) is 48.5 Å². The standard InChI is InChI=1S/C16H13BrClNO3/c17-12-3-1-2-11(9-12)15(20)19-14(16(21)22)8-10-4-6-13(18)7-5-10/h1-7,9,14H,8H2,(H,19,20)(H,21,22)/t14-/m0/s1. The average Bonchev–Trinajstić information content (AvgIpc) is 2.48. The second kappa shape index (κ2) is 7.42. The molecule has 0 saturated heterocycles. The second-order valence-corrected chi connectivity index (χ2v) is 6.06. The van der Waals surface area contributed by atoms with Crippen molar-refractivity contribution in [1.82, 2.24) is 5.32 Å². The van der Waals surface area contributed by atoms with E-state index in [2.05, 4.69) is 21.2 Å². The normalized spacial score (nSPS) is 11.7. The van der Waals surface area contributed by atoms with Crippen LogP contribution in [0.5, 0.6) is 0 Å². The Labute approximate surface area is 141 Å². The molecule has 22 heavy (non-hydrogen) atoms. The lowest BCUT2D eigenvalue weighted by molar-refractivity contribution is -0.139. The van der Waals surface area contributed by atoms with Crippen LogP contribution >= 0.6 is 27.5 Å². The third-order valence-electron chi connectivity index (χ3n) is 3.04. The molecule has 2 aromatic rings. The third kappa shape index (κ3) is 4.58. The number of aliphatic carboxylic acids is 1. The summed E-state index contributed by atoms with van der Waals surface area (Å²) in [5, 5.41) is 12.4. The summed E-state index contributed by atoms with van der Waals surface area (Å²) in [6, 6.07) is 12.6. The molecule has 2 N–H and O–H groups in total. The lowest BCUT2D eigenvalue weighted by Gasteiger charge is -2.15. The van der Waals surface area contributed by atoms with E-state index in [-0.39, 0.29) is 6.42 Å². The maximum atomic E-state index is 12.1. The number of rotatable bonds is 5. The van der Waals surface area contributed by atoms with E-state index in [1.165, 1.54) is 0 Å². The monoisotopic (exact) mass is 381 g/mol. The van der Waals surface area contributed by atoms with Gasteiger partial charge in [-0.3, -0.25) is 4.79 Å². The van der Waals surface area contributed by atoms with Gasteiger partial charge in [-0.25, -0.2) is 4.79 Å². The Morgan fingerprint density at radius 2 is 1.86 bits per heavy atom. The molecule has 0 spiro atoms. The summed E-state index contributed by atoms with van der Waals surface area (Å²) in [5.74, 6) is -1.51. The predicted molar refractivity (Wildman–Crippen MR) is 88.2 cm³/mol. The molecule has 1 atom stereocenters. The number of carbonyl (C=O) groups is 2.